The molecule has 0 spiro atoms. The first-order chi connectivity index (χ1) is 10.2. The summed E-state index contributed by atoms with van der Waals surface area (Å²) in [4.78, 5) is 28.5. The number of carbonyl (C=O) groups is 2. The van der Waals surface area contributed by atoms with Crippen LogP contribution in [0.1, 0.15) is 42.6 Å². The van der Waals surface area contributed by atoms with Gasteiger partial charge < -0.3 is 14.3 Å². The summed E-state index contributed by atoms with van der Waals surface area (Å²) in [5, 5.41) is 3.73. The molecule has 2 atom stereocenters. The monoisotopic (exact) mass is 289 g/mol. The topological polar surface area (TPSA) is 66.7 Å². The highest BCUT2D eigenvalue weighted by atomic mass is 16.5. The van der Waals surface area contributed by atoms with Crippen molar-refractivity contribution in [2.75, 3.05) is 13.1 Å². The first-order valence-corrected chi connectivity index (χ1v) is 7.75. The predicted molar refractivity (Wildman–Crippen MR) is 73.4 cm³/mol. The molecule has 2 saturated heterocycles. The Morgan fingerprint density at radius 2 is 2.14 bits per heavy atom. The summed E-state index contributed by atoms with van der Waals surface area (Å²) in [6.07, 6.45) is 6.14. The van der Waals surface area contributed by atoms with E-state index in [2.05, 4.69) is 10.1 Å². The molecule has 2 amide bonds. The van der Waals surface area contributed by atoms with Gasteiger partial charge in [0.05, 0.1) is 0 Å². The van der Waals surface area contributed by atoms with Crippen LogP contribution in [0.15, 0.2) is 16.9 Å². The van der Waals surface area contributed by atoms with E-state index in [4.69, 9.17) is 4.52 Å². The van der Waals surface area contributed by atoms with Crippen LogP contribution in [0, 0.1) is 5.92 Å². The maximum atomic E-state index is 12.4. The summed E-state index contributed by atoms with van der Waals surface area (Å²) >= 11 is 0. The Kier molecular flexibility index (Phi) is 2.97. The highest BCUT2D eigenvalue weighted by Gasteiger charge is 2.45. The fourth-order valence-electron chi connectivity index (χ4n) is 3.79. The molecule has 1 saturated carbocycles. The SMILES string of the molecule is O=C(c1ccon1)N1CC[C@H]2[C@@H](CCC(=O)N2C2CC2)C1. The second-order valence-electron chi connectivity index (χ2n) is 6.32. The summed E-state index contributed by atoms with van der Waals surface area (Å²) in [5.74, 6) is 0.667. The lowest BCUT2D eigenvalue weighted by Gasteiger charge is -2.47. The number of fused-ring (bicyclic) bond motifs is 1. The third kappa shape index (κ3) is 2.22. The van der Waals surface area contributed by atoms with Gasteiger partial charge in [-0.05, 0) is 31.6 Å². The molecule has 4 rings (SSSR count). The van der Waals surface area contributed by atoms with Crippen LogP contribution in [0.2, 0.25) is 0 Å². The molecular formula is C15H19N3O3. The summed E-state index contributed by atoms with van der Waals surface area (Å²) in [5.41, 5.74) is 0.374. The second-order valence-corrected chi connectivity index (χ2v) is 6.32. The Bertz CT molecular complexity index is 553. The maximum Gasteiger partial charge on any atom is 0.276 e. The molecular weight excluding hydrogens is 270 g/mol. The van der Waals surface area contributed by atoms with Gasteiger partial charge in [0.2, 0.25) is 5.91 Å². The minimum atomic E-state index is -0.0583. The molecule has 3 aliphatic rings. The lowest BCUT2D eigenvalue weighted by atomic mass is 9.83. The van der Waals surface area contributed by atoms with E-state index in [9.17, 15) is 9.59 Å². The van der Waals surface area contributed by atoms with Crippen molar-refractivity contribution in [3.05, 3.63) is 18.0 Å². The van der Waals surface area contributed by atoms with E-state index in [1.807, 2.05) is 4.90 Å². The highest BCUT2D eigenvalue weighted by Crippen LogP contribution is 2.39. The van der Waals surface area contributed by atoms with Crippen LogP contribution < -0.4 is 0 Å². The molecule has 6 nitrogen and oxygen atoms in total. The number of carbonyl (C=O) groups excluding carboxylic acids is 2. The van der Waals surface area contributed by atoms with Gasteiger partial charge in [-0.2, -0.15) is 0 Å². The molecule has 6 heteroatoms. The molecule has 0 unspecified atom stereocenters. The van der Waals surface area contributed by atoms with Gasteiger partial charge in [-0.1, -0.05) is 5.16 Å². The number of piperidine rings is 2. The van der Waals surface area contributed by atoms with Crippen molar-refractivity contribution in [3.8, 4) is 0 Å². The quantitative estimate of drug-likeness (QED) is 0.823. The third-order valence-corrected chi connectivity index (χ3v) is 4.95. The van der Waals surface area contributed by atoms with Gasteiger partial charge >= 0.3 is 0 Å². The van der Waals surface area contributed by atoms with Gasteiger partial charge in [0.25, 0.3) is 5.91 Å². The van der Waals surface area contributed by atoms with E-state index in [1.54, 1.807) is 6.07 Å². The van der Waals surface area contributed by atoms with E-state index in [-0.39, 0.29) is 5.91 Å². The Balaban J connectivity index is 1.48. The van der Waals surface area contributed by atoms with Crippen LogP contribution in [0.3, 0.4) is 0 Å². The number of hydrogen-bond acceptors (Lipinski definition) is 4. The molecule has 1 aliphatic carbocycles. The fourth-order valence-corrected chi connectivity index (χ4v) is 3.79. The van der Waals surface area contributed by atoms with Gasteiger partial charge in [0, 0.05) is 37.7 Å². The summed E-state index contributed by atoms with van der Waals surface area (Å²) in [6, 6.07) is 2.41. The average Bonchev–Trinajstić information content (AvgIpc) is 3.18. The van der Waals surface area contributed by atoms with Crippen molar-refractivity contribution in [3.63, 3.8) is 0 Å². The van der Waals surface area contributed by atoms with Crippen LogP contribution in [-0.4, -0.2) is 51.9 Å². The molecule has 1 aromatic rings. The van der Waals surface area contributed by atoms with Crippen LogP contribution in [0.25, 0.3) is 0 Å². The first kappa shape index (κ1) is 12.9. The molecule has 21 heavy (non-hydrogen) atoms. The zero-order valence-electron chi connectivity index (χ0n) is 11.9. The Labute approximate surface area is 123 Å². The molecule has 0 aromatic carbocycles. The standard InChI is InChI=1S/C15H19N3O3/c19-14-4-1-10-9-17(15(20)12-6-8-21-16-12)7-5-13(10)18(14)11-2-3-11/h6,8,10-11,13H,1-5,7,9H2/t10-,13-/m0/s1. The van der Waals surface area contributed by atoms with Gasteiger partial charge in [-0.3, -0.25) is 9.59 Å². The van der Waals surface area contributed by atoms with Crippen molar-refractivity contribution in [2.45, 2.75) is 44.2 Å². The molecule has 3 fully saturated rings. The van der Waals surface area contributed by atoms with E-state index in [1.165, 1.54) is 6.26 Å². The van der Waals surface area contributed by atoms with Crippen molar-refractivity contribution in [1.82, 2.24) is 15.0 Å². The van der Waals surface area contributed by atoms with Gasteiger partial charge in [-0.25, -0.2) is 0 Å². The lowest BCUT2D eigenvalue weighted by molar-refractivity contribution is -0.141. The average molecular weight is 289 g/mol. The number of amides is 2. The van der Waals surface area contributed by atoms with Crippen LogP contribution in [-0.2, 0) is 4.79 Å². The van der Waals surface area contributed by atoms with E-state index < -0.39 is 0 Å². The molecule has 3 heterocycles. The van der Waals surface area contributed by atoms with Crippen molar-refractivity contribution in [1.29, 1.82) is 0 Å². The largest absolute Gasteiger partial charge is 0.364 e. The molecule has 0 radical (unpaired) electrons. The number of nitrogens with zero attached hydrogens (tertiary/aromatic N) is 3. The highest BCUT2D eigenvalue weighted by molar-refractivity contribution is 5.92. The van der Waals surface area contributed by atoms with E-state index >= 15 is 0 Å². The Morgan fingerprint density at radius 1 is 1.29 bits per heavy atom. The maximum absolute atomic E-state index is 12.4. The molecule has 112 valence electrons. The Hall–Kier alpha value is -1.85. The summed E-state index contributed by atoms with van der Waals surface area (Å²) < 4.78 is 4.75. The summed E-state index contributed by atoms with van der Waals surface area (Å²) in [6.45, 7) is 1.43. The minimum absolute atomic E-state index is 0.0583. The lowest BCUT2D eigenvalue weighted by Crippen LogP contribution is -2.57. The summed E-state index contributed by atoms with van der Waals surface area (Å²) in [7, 11) is 0. The Morgan fingerprint density at radius 3 is 2.86 bits per heavy atom. The number of likely N-dealkylation sites (tertiary alicyclic amines) is 2. The van der Waals surface area contributed by atoms with Crippen molar-refractivity contribution >= 4 is 11.8 Å². The second kappa shape index (κ2) is 4.86. The van der Waals surface area contributed by atoms with E-state index in [0.29, 0.717) is 42.6 Å². The fraction of sp³-hybridized carbons (Fsp3) is 0.667. The van der Waals surface area contributed by atoms with Crippen LogP contribution in [0.5, 0.6) is 0 Å². The van der Waals surface area contributed by atoms with Crippen LogP contribution >= 0.6 is 0 Å². The van der Waals surface area contributed by atoms with Gasteiger partial charge in [-0.15, -0.1) is 0 Å². The third-order valence-electron chi connectivity index (χ3n) is 4.95. The normalized spacial score (nSPS) is 29.4. The predicted octanol–water partition coefficient (Wildman–Crippen LogP) is 1.29. The van der Waals surface area contributed by atoms with Gasteiger partial charge in [0.1, 0.15) is 6.26 Å². The molecule has 0 N–H and O–H groups in total. The minimum Gasteiger partial charge on any atom is -0.364 e. The number of rotatable bonds is 2. The van der Waals surface area contributed by atoms with Crippen molar-refractivity contribution < 1.29 is 14.1 Å². The molecule has 1 aromatic heterocycles. The number of hydrogen-bond donors (Lipinski definition) is 0. The van der Waals surface area contributed by atoms with Crippen LogP contribution in [0.4, 0.5) is 0 Å². The number of aromatic nitrogens is 1. The smallest absolute Gasteiger partial charge is 0.276 e. The van der Waals surface area contributed by atoms with Crippen molar-refractivity contribution in [2.24, 2.45) is 5.92 Å². The van der Waals surface area contributed by atoms with E-state index in [0.717, 1.165) is 32.2 Å². The zero-order valence-corrected chi connectivity index (χ0v) is 11.9. The zero-order chi connectivity index (χ0) is 14.4. The molecule has 2 aliphatic heterocycles. The molecule has 0 bridgehead atoms. The first-order valence-electron chi connectivity index (χ1n) is 7.75. The van der Waals surface area contributed by atoms with Gasteiger partial charge in [0.15, 0.2) is 5.69 Å².